The summed E-state index contributed by atoms with van der Waals surface area (Å²) >= 11 is 0. The van der Waals surface area contributed by atoms with Crippen LogP contribution in [0.15, 0.2) is 122 Å². The molecule has 0 bridgehead atoms. The van der Waals surface area contributed by atoms with Crippen LogP contribution in [0.5, 0.6) is 0 Å². The maximum absolute atomic E-state index is 13.5. The van der Waals surface area contributed by atoms with Crippen molar-refractivity contribution in [3.05, 3.63) is 138 Å². The van der Waals surface area contributed by atoms with E-state index in [-0.39, 0.29) is 18.0 Å². The number of nitrogens with one attached hydrogen (secondary N) is 2. The van der Waals surface area contributed by atoms with E-state index in [1.807, 2.05) is 91.0 Å². The summed E-state index contributed by atoms with van der Waals surface area (Å²) in [7, 11) is 0. The Morgan fingerprint density at radius 3 is 2.04 bits per heavy atom. The molecule has 0 atom stereocenters. The van der Waals surface area contributed by atoms with Crippen LogP contribution in [-0.4, -0.2) is 32.8 Å². The number of rotatable bonds is 9. The molecule has 1 fully saturated rings. The lowest BCUT2D eigenvalue weighted by atomic mass is 9.95. The van der Waals surface area contributed by atoms with Crippen molar-refractivity contribution in [1.82, 2.24) is 20.2 Å². The highest BCUT2D eigenvalue weighted by atomic mass is 16.2. The molecule has 1 saturated carbocycles. The molecule has 0 spiro atoms. The van der Waals surface area contributed by atoms with E-state index < -0.39 is 0 Å². The Morgan fingerprint density at radius 2 is 1.38 bits per heavy atom. The number of hydrogen-bond acceptors (Lipinski definition) is 4. The van der Waals surface area contributed by atoms with Crippen molar-refractivity contribution in [3.63, 3.8) is 0 Å². The molecule has 2 heterocycles. The molecule has 0 saturated heterocycles. The number of urea groups is 1. The molecular weight excluding hydrogens is 558 g/mol. The van der Waals surface area contributed by atoms with Crippen molar-refractivity contribution in [3.8, 4) is 22.4 Å². The van der Waals surface area contributed by atoms with Gasteiger partial charge in [-0.05, 0) is 71.5 Å². The topological polar surface area (TPSA) is 87.2 Å². The average Bonchev–Trinajstić information content (AvgIpc) is 3.10. The summed E-state index contributed by atoms with van der Waals surface area (Å²) in [6.45, 7) is 0.768. The van der Waals surface area contributed by atoms with Crippen molar-refractivity contribution in [1.29, 1.82) is 0 Å². The zero-order valence-corrected chi connectivity index (χ0v) is 25.2. The van der Waals surface area contributed by atoms with Crippen molar-refractivity contribution in [2.75, 3.05) is 5.32 Å². The number of hydrogen-bond donors (Lipinski definition) is 2. The van der Waals surface area contributed by atoms with Gasteiger partial charge in [0.2, 0.25) is 0 Å². The van der Waals surface area contributed by atoms with Gasteiger partial charge in [0.25, 0.3) is 5.91 Å². The first-order valence-corrected chi connectivity index (χ1v) is 15.6. The van der Waals surface area contributed by atoms with E-state index in [0.717, 1.165) is 52.0 Å². The third-order valence-corrected chi connectivity index (χ3v) is 8.21. The van der Waals surface area contributed by atoms with E-state index in [9.17, 15) is 9.59 Å². The van der Waals surface area contributed by atoms with Gasteiger partial charge < -0.3 is 15.5 Å². The average molecular weight is 596 g/mol. The van der Waals surface area contributed by atoms with Crippen LogP contribution in [0.25, 0.3) is 22.4 Å². The van der Waals surface area contributed by atoms with Gasteiger partial charge in [-0.25, -0.2) is 4.79 Å². The summed E-state index contributed by atoms with van der Waals surface area (Å²) in [5, 5.41) is 6.23. The van der Waals surface area contributed by atoms with Crippen LogP contribution < -0.4 is 10.6 Å². The Bertz CT molecular complexity index is 1680. The van der Waals surface area contributed by atoms with E-state index in [1.54, 1.807) is 23.5 Å². The molecule has 1 aliphatic rings. The molecule has 2 N–H and O–H groups in total. The first-order valence-electron chi connectivity index (χ1n) is 15.6. The fourth-order valence-electron chi connectivity index (χ4n) is 5.71. The largest absolute Gasteiger partial charge is 0.349 e. The fourth-order valence-corrected chi connectivity index (χ4v) is 5.71. The Kier molecular flexibility index (Phi) is 9.55. The highest BCUT2D eigenvalue weighted by Gasteiger charge is 2.18. The van der Waals surface area contributed by atoms with E-state index >= 15 is 0 Å². The summed E-state index contributed by atoms with van der Waals surface area (Å²) < 4.78 is 0. The molecule has 226 valence electrons. The van der Waals surface area contributed by atoms with Gasteiger partial charge in [-0.2, -0.15) is 0 Å². The van der Waals surface area contributed by atoms with Crippen molar-refractivity contribution in [2.45, 2.75) is 51.2 Å². The monoisotopic (exact) mass is 595 g/mol. The molecule has 7 heteroatoms. The minimum absolute atomic E-state index is 0.0177. The maximum Gasteiger partial charge on any atom is 0.322 e. The van der Waals surface area contributed by atoms with Gasteiger partial charge in [0.15, 0.2) is 0 Å². The van der Waals surface area contributed by atoms with Crippen LogP contribution in [0.3, 0.4) is 0 Å². The van der Waals surface area contributed by atoms with Crippen molar-refractivity contribution in [2.24, 2.45) is 0 Å². The predicted molar refractivity (Wildman–Crippen MR) is 178 cm³/mol. The summed E-state index contributed by atoms with van der Waals surface area (Å²) in [6.07, 6.45) is 11.0. The lowest BCUT2D eigenvalue weighted by Crippen LogP contribution is -2.36. The molecule has 7 nitrogen and oxygen atoms in total. The van der Waals surface area contributed by atoms with Gasteiger partial charge in [0.1, 0.15) is 0 Å². The molecule has 0 aliphatic heterocycles. The highest BCUT2D eigenvalue weighted by molar-refractivity contribution is 5.94. The van der Waals surface area contributed by atoms with Crippen LogP contribution in [0.2, 0.25) is 0 Å². The van der Waals surface area contributed by atoms with Gasteiger partial charge in [0, 0.05) is 54.5 Å². The summed E-state index contributed by atoms with van der Waals surface area (Å²) in [4.78, 5) is 36.9. The molecule has 2 aromatic heterocycles. The van der Waals surface area contributed by atoms with Crippen LogP contribution in [-0.2, 0) is 13.1 Å². The molecule has 3 aromatic carbocycles. The van der Waals surface area contributed by atoms with Crippen molar-refractivity contribution < 1.29 is 9.59 Å². The maximum atomic E-state index is 13.5. The van der Waals surface area contributed by atoms with E-state index in [1.165, 1.54) is 19.3 Å². The third kappa shape index (κ3) is 8.00. The SMILES string of the molecule is O=C(NC1CCCCC1)c1ccc(-c2ccc(CN(Cc3cccnc3)C(=O)Nc3ccc(-c4ccccc4)cc3)cn2)cc1. The Hall–Kier alpha value is -5.30. The lowest BCUT2D eigenvalue weighted by molar-refractivity contribution is 0.0927. The standard InChI is InChI=1S/C38H37N5O2/c44-37(41-34-11-5-2-6-12-34)33-16-14-32(15-17-33)36-22-13-29(25-40-36)27-43(26-28-8-7-23-39-24-28)38(45)42-35-20-18-31(19-21-35)30-9-3-1-4-10-30/h1,3-4,7-10,13-25,34H,2,5-6,11-12,26-27H2,(H,41,44)(H,42,45). The number of benzene rings is 3. The number of carbonyl (C=O) groups is 2. The summed E-state index contributed by atoms with van der Waals surface area (Å²) in [5.41, 5.74) is 7.17. The Morgan fingerprint density at radius 1 is 0.689 bits per heavy atom. The second kappa shape index (κ2) is 14.4. The zero-order valence-electron chi connectivity index (χ0n) is 25.2. The number of carbonyl (C=O) groups excluding carboxylic acids is 2. The summed E-state index contributed by atoms with van der Waals surface area (Å²) in [5.74, 6) is -0.0177. The first kappa shape index (κ1) is 29.8. The smallest absolute Gasteiger partial charge is 0.322 e. The van der Waals surface area contributed by atoms with E-state index in [4.69, 9.17) is 0 Å². The molecule has 1 aliphatic carbocycles. The number of amides is 3. The second-order valence-electron chi connectivity index (χ2n) is 11.5. The fraction of sp³-hybridized carbons (Fsp3) is 0.211. The normalized spacial score (nSPS) is 13.2. The molecular formula is C38H37N5O2. The van der Waals surface area contributed by atoms with Crippen LogP contribution in [0.1, 0.15) is 53.6 Å². The van der Waals surface area contributed by atoms with Gasteiger partial charge in [-0.1, -0.05) is 86.0 Å². The van der Waals surface area contributed by atoms with Gasteiger partial charge in [-0.3, -0.25) is 14.8 Å². The quantitative estimate of drug-likeness (QED) is 0.180. The zero-order chi connectivity index (χ0) is 30.8. The Labute approximate surface area is 264 Å². The lowest BCUT2D eigenvalue weighted by Gasteiger charge is -2.23. The van der Waals surface area contributed by atoms with E-state index in [2.05, 4.69) is 32.7 Å². The minimum atomic E-state index is -0.211. The predicted octanol–water partition coefficient (Wildman–Crippen LogP) is 8.11. The van der Waals surface area contributed by atoms with Crippen molar-refractivity contribution >= 4 is 17.6 Å². The molecule has 3 amide bonds. The summed E-state index contributed by atoms with van der Waals surface area (Å²) in [6, 6.07) is 33.4. The molecule has 0 radical (unpaired) electrons. The molecule has 5 aromatic rings. The Balaban J connectivity index is 1.12. The van der Waals surface area contributed by atoms with Crippen LogP contribution in [0.4, 0.5) is 10.5 Å². The highest BCUT2D eigenvalue weighted by Crippen LogP contribution is 2.23. The number of pyridine rings is 2. The third-order valence-electron chi connectivity index (χ3n) is 8.21. The minimum Gasteiger partial charge on any atom is -0.349 e. The van der Waals surface area contributed by atoms with E-state index in [0.29, 0.717) is 18.7 Å². The van der Waals surface area contributed by atoms with Gasteiger partial charge in [-0.15, -0.1) is 0 Å². The van der Waals surface area contributed by atoms with Gasteiger partial charge in [0.05, 0.1) is 5.69 Å². The number of anilines is 1. The molecule has 6 rings (SSSR count). The molecule has 45 heavy (non-hydrogen) atoms. The second-order valence-corrected chi connectivity index (χ2v) is 11.5. The molecule has 0 unspecified atom stereocenters. The van der Waals surface area contributed by atoms with Gasteiger partial charge >= 0.3 is 6.03 Å². The van der Waals surface area contributed by atoms with Crippen LogP contribution >= 0.6 is 0 Å². The first-order chi connectivity index (χ1) is 22.1. The number of aromatic nitrogens is 2. The van der Waals surface area contributed by atoms with Crippen LogP contribution in [0, 0.1) is 0 Å². The number of nitrogens with zero attached hydrogens (tertiary/aromatic N) is 3.